The first-order valence-corrected chi connectivity index (χ1v) is 9.42. The largest absolute Gasteiger partial charge is 0.493 e. The van der Waals surface area contributed by atoms with Gasteiger partial charge in [0.15, 0.2) is 0 Å². The van der Waals surface area contributed by atoms with Gasteiger partial charge in [0.1, 0.15) is 5.75 Å². The van der Waals surface area contributed by atoms with Crippen LogP contribution >= 0.6 is 12.4 Å². The second-order valence-electron chi connectivity index (χ2n) is 7.86. The molecule has 3 N–H and O–H groups in total. The van der Waals surface area contributed by atoms with E-state index in [0.717, 1.165) is 37.1 Å². The van der Waals surface area contributed by atoms with Gasteiger partial charge in [-0.2, -0.15) is 0 Å². The molecule has 1 saturated carbocycles. The summed E-state index contributed by atoms with van der Waals surface area (Å²) in [5.74, 6) is 1.54. The van der Waals surface area contributed by atoms with Gasteiger partial charge < -0.3 is 20.5 Å². The fraction of sp³-hybridized carbons (Fsp3) is 0.650. The van der Waals surface area contributed by atoms with Crippen molar-refractivity contribution in [2.45, 2.75) is 44.6 Å². The van der Waals surface area contributed by atoms with Crippen LogP contribution in [0.3, 0.4) is 0 Å². The van der Waals surface area contributed by atoms with Crippen molar-refractivity contribution >= 4 is 18.3 Å². The van der Waals surface area contributed by atoms with E-state index in [9.17, 15) is 9.90 Å². The molecule has 2 atom stereocenters. The molecule has 1 aromatic rings. The third kappa shape index (κ3) is 4.51. The highest BCUT2D eigenvalue weighted by Gasteiger charge is 2.45. The number of β-amino-alcohol motifs (C(OH)–C–C–N with tert-alkyl or cyclic N) is 1. The number of aliphatic hydroxyl groups excluding tert-OH is 1. The molecule has 0 bridgehead atoms. The summed E-state index contributed by atoms with van der Waals surface area (Å²) in [5.41, 5.74) is 0.659. The summed E-state index contributed by atoms with van der Waals surface area (Å²) < 4.78 is 5.74. The molecular formula is C20H31ClN2O3. The van der Waals surface area contributed by atoms with Crippen LogP contribution in [0.25, 0.3) is 0 Å². The Balaban J connectivity index is 0.00000243. The highest BCUT2D eigenvalue weighted by Crippen LogP contribution is 2.44. The molecule has 2 aliphatic rings. The number of carbonyl (C=O) groups excluding carboxylic acids is 1. The molecule has 0 aromatic heterocycles. The lowest BCUT2D eigenvalue weighted by atomic mass is 9.63. The number of rotatable bonds is 7. The number of carbonyl (C=O) groups is 1. The lowest BCUT2D eigenvalue weighted by molar-refractivity contribution is -0.130. The zero-order chi connectivity index (χ0) is 17.9. The smallest absolute Gasteiger partial charge is 0.230 e. The third-order valence-corrected chi connectivity index (χ3v) is 5.46. The second-order valence-corrected chi connectivity index (χ2v) is 7.86. The Hall–Kier alpha value is -1.30. The molecule has 1 heterocycles. The lowest BCUT2D eigenvalue weighted by Crippen LogP contribution is -2.50. The second kappa shape index (κ2) is 9.07. The minimum absolute atomic E-state index is 0. The number of hydrogen-bond acceptors (Lipinski definition) is 4. The van der Waals surface area contributed by atoms with Gasteiger partial charge in [-0.15, -0.1) is 12.4 Å². The number of ether oxygens (including phenoxy) is 1. The average molecular weight is 383 g/mol. The van der Waals surface area contributed by atoms with Gasteiger partial charge in [0.2, 0.25) is 5.91 Å². The molecule has 2 fully saturated rings. The normalized spacial score (nSPS) is 23.8. The Morgan fingerprint density at radius 1 is 1.31 bits per heavy atom. The Labute approximate surface area is 162 Å². The molecule has 1 aliphatic heterocycles. The number of benzene rings is 1. The maximum absolute atomic E-state index is 12.9. The fourth-order valence-electron chi connectivity index (χ4n) is 3.63. The van der Waals surface area contributed by atoms with Gasteiger partial charge in [-0.1, -0.05) is 32.4 Å². The van der Waals surface area contributed by atoms with Crippen molar-refractivity contribution in [3.63, 3.8) is 0 Å². The van der Waals surface area contributed by atoms with E-state index in [2.05, 4.69) is 24.5 Å². The Kier molecular flexibility index (Phi) is 7.33. The topological polar surface area (TPSA) is 70.6 Å². The SMILES string of the molecule is CC(C)COc1ccc(C2(C(=O)NCC3CNCC3O)CCC2)cc1.Cl. The van der Waals surface area contributed by atoms with E-state index in [-0.39, 0.29) is 30.3 Å². The Morgan fingerprint density at radius 2 is 2.00 bits per heavy atom. The van der Waals surface area contributed by atoms with Crippen LogP contribution in [0.2, 0.25) is 0 Å². The molecule has 2 unspecified atom stereocenters. The molecule has 3 rings (SSSR count). The van der Waals surface area contributed by atoms with Crippen LogP contribution in [-0.2, 0) is 10.2 Å². The van der Waals surface area contributed by atoms with E-state index < -0.39 is 5.41 Å². The minimum atomic E-state index is -0.409. The Morgan fingerprint density at radius 3 is 2.50 bits per heavy atom. The summed E-state index contributed by atoms with van der Waals surface area (Å²) in [5, 5.41) is 16.1. The molecule has 0 spiro atoms. The van der Waals surface area contributed by atoms with E-state index >= 15 is 0 Å². The van der Waals surface area contributed by atoms with Crippen LogP contribution < -0.4 is 15.4 Å². The van der Waals surface area contributed by atoms with Crippen LogP contribution in [0.15, 0.2) is 24.3 Å². The van der Waals surface area contributed by atoms with Crippen LogP contribution in [0.5, 0.6) is 5.75 Å². The first-order valence-electron chi connectivity index (χ1n) is 9.42. The predicted molar refractivity (Wildman–Crippen MR) is 105 cm³/mol. The number of nitrogens with one attached hydrogen (secondary N) is 2. The van der Waals surface area contributed by atoms with Crippen molar-refractivity contribution in [1.29, 1.82) is 0 Å². The van der Waals surface area contributed by atoms with Gasteiger partial charge in [0.05, 0.1) is 18.1 Å². The van der Waals surface area contributed by atoms with E-state index in [1.807, 2.05) is 24.3 Å². The van der Waals surface area contributed by atoms with Crippen LogP contribution in [0.4, 0.5) is 0 Å². The lowest BCUT2D eigenvalue weighted by Gasteiger charge is -2.41. The van der Waals surface area contributed by atoms with Crippen molar-refractivity contribution in [3.05, 3.63) is 29.8 Å². The highest BCUT2D eigenvalue weighted by atomic mass is 35.5. The molecule has 1 aromatic carbocycles. The summed E-state index contributed by atoms with van der Waals surface area (Å²) in [7, 11) is 0. The molecule has 1 aliphatic carbocycles. The highest BCUT2D eigenvalue weighted by molar-refractivity contribution is 5.89. The zero-order valence-electron chi connectivity index (χ0n) is 15.7. The van der Waals surface area contributed by atoms with Gasteiger partial charge in [0.25, 0.3) is 0 Å². The van der Waals surface area contributed by atoms with Crippen molar-refractivity contribution in [2.75, 3.05) is 26.2 Å². The van der Waals surface area contributed by atoms with Crippen molar-refractivity contribution in [3.8, 4) is 5.75 Å². The molecule has 1 saturated heterocycles. The molecular weight excluding hydrogens is 352 g/mol. The summed E-state index contributed by atoms with van der Waals surface area (Å²) >= 11 is 0. The molecule has 6 heteroatoms. The van der Waals surface area contributed by atoms with E-state index in [1.54, 1.807) is 0 Å². The number of aliphatic hydroxyl groups is 1. The Bertz CT molecular complexity index is 587. The van der Waals surface area contributed by atoms with Gasteiger partial charge in [-0.05, 0) is 36.5 Å². The van der Waals surface area contributed by atoms with Crippen LogP contribution in [0.1, 0.15) is 38.7 Å². The summed E-state index contributed by atoms with van der Waals surface area (Å²) in [6.07, 6.45) is 2.48. The predicted octanol–water partition coefficient (Wildman–Crippen LogP) is 2.26. The van der Waals surface area contributed by atoms with E-state index in [0.29, 0.717) is 25.6 Å². The monoisotopic (exact) mass is 382 g/mol. The van der Waals surface area contributed by atoms with Crippen molar-refractivity contribution < 1.29 is 14.6 Å². The standard InChI is InChI=1S/C20H30N2O3.ClH/c1-14(2)13-25-17-6-4-16(5-7-17)20(8-3-9-20)19(24)22-11-15-10-21-12-18(15)23;/h4-7,14-15,18,21,23H,3,8-13H2,1-2H3,(H,22,24);1H. The van der Waals surface area contributed by atoms with Crippen LogP contribution in [0, 0.1) is 11.8 Å². The van der Waals surface area contributed by atoms with Gasteiger partial charge >= 0.3 is 0 Å². The van der Waals surface area contributed by atoms with E-state index in [1.165, 1.54) is 0 Å². The van der Waals surface area contributed by atoms with Gasteiger partial charge in [-0.25, -0.2) is 0 Å². The quantitative estimate of drug-likeness (QED) is 0.676. The fourth-order valence-corrected chi connectivity index (χ4v) is 3.63. The average Bonchev–Trinajstić information content (AvgIpc) is 2.96. The van der Waals surface area contributed by atoms with Gasteiger partial charge in [0, 0.05) is 25.6 Å². The molecule has 26 heavy (non-hydrogen) atoms. The minimum Gasteiger partial charge on any atom is -0.493 e. The van der Waals surface area contributed by atoms with Crippen LogP contribution in [-0.4, -0.2) is 43.4 Å². The maximum atomic E-state index is 12.9. The zero-order valence-corrected chi connectivity index (χ0v) is 16.5. The molecule has 5 nitrogen and oxygen atoms in total. The maximum Gasteiger partial charge on any atom is 0.230 e. The summed E-state index contributed by atoms with van der Waals surface area (Å²) in [6, 6.07) is 7.99. The molecule has 146 valence electrons. The summed E-state index contributed by atoms with van der Waals surface area (Å²) in [4.78, 5) is 12.9. The van der Waals surface area contributed by atoms with Gasteiger partial charge in [-0.3, -0.25) is 4.79 Å². The first-order chi connectivity index (χ1) is 12.0. The molecule has 0 radical (unpaired) electrons. The van der Waals surface area contributed by atoms with E-state index in [4.69, 9.17) is 4.74 Å². The first kappa shape index (κ1) is 21.0. The number of amides is 1. The third-order valence-electron chi connectivity index (χ3n) is 5.46. The van der Waals surface area contributed by atoms with Crippen molar-refractivity contribution in [2.24, 2.45) is 11.8 Å². The molecule has 1 amide bonds. The summed E-state index contributed by atoms with van der Waals surface area (Å²) in [6.45, 7) is 6.85. The number of hydrogen-bond donors (Lipinski definition) is 3. The van der Waals surface area contributed by atoms with Crippen molar-refractivity contribution in [1.82, 2.24) is 10.6 Å². The number of halogens is 1.